The van der Waals surface area contributed by atoms with Crippen molar-refractivity contribution in [2.24, 2.45) is 0 Å². The maximum absolute atomic E-state index is 13.0. The third-order valence-corrected chi connectivity index (χ3v) is 4.72. The molecule has 5 nitrogen and oxygen atoms in total. The number of hydrogen-bond donors (Lipinski definition) is 1. The van der Waals surface area contributed by atoms with Crippen LogP contribution in [0.5, 0.6) is 5.88 Å². The van der Waals surface area contributed by atoms with Crippen LogP contribution in [-0.4, -0.2) is 16.2 Å². The minimum atomic E-state index is -0.0848. The van der Waals surface area contributed by atoms with Gasteiger partial charge >= 0.3 is 0 Å². The van der Waals surface area contributed by atoms with Crippen LogP contribution < -0.4 is 15.5 Å². The zero-order chi connectivity index (χ0) is 20.8. The number of pyridine rings is 2. The van der Waals surface area contributed by atoms with Crippen molar-refractivity contribution in [2.45, 2.75) is 47.2 Å². The van der Waals surface area contributed by atoms with E-state index in [1.807, 2.05) is 26.0 Å². The molecule has 0 saturated carbocycles. The van der Waals surface area contributed by atoms with Gasteiger partial charge in [-0.25, -0.2) is 4.98 Å². The van der Waals surface area contributed by atoms with Gasteiger partial charge in [0.05, 0.1) is 12.1 Å². The molecule has 0 fully saturated rings. The van der Waals surface area contributed by atoms with E-state index in [4.69, 9.17) is 4.74 Å². The van der Waals surface area contributed by atoms with Crippen molar-refractivity contribution in [3.05, 3.63) is 75.6 Å². The molecule has 0 aliphatic carbocycles. The third kappa shape index (κ3) is 4.86. The Bertz CT molecular complexity index is 1080. The largest absolute Gasteiger partial charge is 0.477 e. The van der Waals surface area contributed by atoms with E-state index in [2.05, 4.69) is 59.1 Å². The number of benzene rings is 1. The number of rotatable bonds is 8. The maximum atomic E-state index is 13.0. The molecule has 3 aromatic rings. The maximum Gasteiger partial charge on any atom is 0.227 e. The Hall–Kier alpha value is -3.08. The van der Waals surface area contributed by atoms with Crippen LogP contribution >= 0.6 is 0 Å². The highest BCUT2D eigenvalue weighted by atomic mass is 16.5. The summed E-state index contributed by atoms with van der Waals surface area (Å²) in [6, 6.07) is 12.0. The molecule has 0 aliphatic rings. The van der Waals surface area contributed by atoms with Crippen LogP contribution in [0.4, 0.5) is 5.82 Å². The fourth-order valence-electron chi connectivity index (χ4n) is 3.42. The number of aromatic nitrogens is 2. The minimum absolute atomic E-state index is 0.0848. The number of allylic oxidation sites excluding steroid dienone is 2. The second-order valence-corrected chi connectivity index (χ2v) is 7.12. The molecule has 0 saturated heterocycles. The van der Waals surface area contributed by atoms with Gasteiger partial charge in [0.25, 0.3) is 0 Å². The van der Waals surface area contributed by atoms with Crippen molar-refractivity contribution < 1.29 is 4.74 Å². The first-order valence-electron chi connectivity index (χ1n) is 10.2. The number of nitrogens with one attached hydrogen (secondary N) is 1. The topological polar surface area (TPSA) is 56.2 Å². The van der Waals surface area contributed by atoms with Gasteiger partial charge in [-0.3, -0.25) is 4.79 Å². The van der Waals surface area contributed by atoms with Crippen molar-refractivity contribution in [2.75, 3.05) is 11.9 Å². The Morgan fingerprint density at radius 3 is 2.69 bits per heavy atom. The lowest BCUT2D eigenvalue weighted by molar-refractivity contribution is 0.330. The summed E-state index contributed by atoms with van der Waals surface area (Å²) in [4.78, 5) is 17.4. The zero-order valence-electron chi connectivity index (χ0n) is 17.7. The highest BCUT2D eigenvalue weighted by Crippen LogP contribution is 2.25. The lowest BCUT2D eigenvalue weighted by atomic mass is 10.1. The van der Waals surface area contributed by atoms with Gasteiger partial charge in [-0.15, -0.1) is 0 Å². The monoisotopic (exact) mass is 391 g/mol. The first-order chi connectivity index (χ1) is 14.0. The molecule has 5 heteroatoms. The molecule has 0 atom stereocenters. The molecule has 0 aliphatic heterocycles. The second kappa shape index (κ2) is 9.41. The fourth-order valence-corrected chi connectivity index (χ4v) is 3.42. The molecule has 3 rings (SSSR count). The van der Waals surface area contributed by atoms with E-state index in [-0.39, 0.29) is 5.43 Å². The molecule has 2 heterocycles. The summed E-state index contributed by atoms with van der Waals surface area (Å²) in [5, 5.41) is 3.99. The molecule has 2 aromatic heterocycles. The second-order valence-electron chi connectivity index (χ2n) is 7.12. The van der Waals surface area contributed by atoms with E-state index in [1.165, 1.54) is 11.1 Å². The summed E-state index contributed by atoms with van der Waals surface area (Å²) in [6.07, 6.45) is 5.22. The average Bonchev–Trinajstić information content (AvgIpc) is 2.68. The van der Waals surface area contributed by atoms with Gasteiger partial charge in [0, 0.05) is 24.8 Å². The summed E-state index contributed by atoms with van der Waals surface area (Å²) >= 11 is 0. The smallest absolute Gasteiger partial charge is 0.227 e. The number of anilines is 1. The van der Waals surface area contributed by atoms with E-state index >= 15 is 0 Å². The van der Waals surface area contributed by atoms with Gasteiger partial charge < -0.3 is 14.6 Å². The summed E-state index contributed by atoms with van der Waals surface area (Å²) < 4.78 is 7.80. The highest BCUT2D eigenvalue weighted by molar-refractivity contribution is 5.86. The molecular formula is C24H29N3O2. The van der Waals surface area contributed by atoms with Crippen LogP contribution in [0.2, 0.25) is 0 Å². The van der Waals surface area contributed by atoms with Crippen LogP contribution in [0, 0.1) is 13.8 Å². The first kappa shape index (κ1) is 20.6. The first-order valence-corrected chi connectivity index (χ1v) is 10.2. The van der Waals surface area contributed by atoms with Crippen molar-refractivity contribution in [3.8, 4) is 5.88 Å². The lowest BCUT2D eigenvalue weighted by Crippen LogP contribution is -2.17. The van der Waals surface area contributed by atoms with Gasteiger partial charge in [0.1, 0.15) is 11.2 Å². The van der Waals surface area contributed by atoms with E-state index in [0.717, 1.165) is 23.4 Å². The Morgan fingerprint density at radius 2 is 1.97 bits per heavy atom. The average molecular weight is 392 g/mol. The van der Waals surface area contributed by atoms with Gasteiger partial charge in [-0.05, 0) is 38.8 Å². The quantitative estimate of drug-likeness (QED) is 0.550. The van der Waals surface area contributed by atoms with Crippen LogP contribution in [-0.2, 0) is 13.1 Å². The van der Waals surface area contributed by atoms with E-state index in [1.54, 1.807) is 6.07 Å². The molecule has 0 amide bonds. The van der Waals surface area contributed by atoms with Gasteiger partial charge in [0.15, 0.2) is 5.43 Å². The number of aryl methyl sites for hydroxylation is 2. The van der Waals surface area contributed by atoms with E-state index in [0.29, 0.717) is 31.0 Å². The minimum Gasteiger partial charge on any atom is -0.477 e. The predicted octanol–water partition coefficient (Wildman–Crippen LogP) is 4.99. The molecule has 152 valence electrons. The van der Waals surface area contributed by atoms with Crippen molar-refractivity contribution in [1.82, 2.24) is 9.55 Å². The van der Waals surface area contributed by atoms with Crippen LogP contribution in [0.3, 0.4) is 0 Å². The summed E-state index contributed by atoms with van der Waals surface area (Å²) in [5.41, 5.74) is 3.96. The van der Waals surface area contributed by atoms with E-state index in [9.17, 15) is 4.79 Å². The normalized spacial score (nSPS) is 11.3. The van der Waals surface area contributed by atoms with Gasteiger partial charge in [0.2, 0.25) is 5.88 Å². The summed E-state index contributed by atoms with van der Waals surface area (Å²) in [6.45, 7) is 9.78. The molecule has 1 aromatic carbocycles. The Kier molecular flexibility index (Phi) is 6.70. The molecule has 0 spiro atoms. The summed E-state index contributed by atoms with van der Waals surface area (Å²) in [5.74, 6) is 1.20. The standard InChI is InChI=1S/C24H29N3O2/c1-5-7-8-12-27-20-14-18(4)26-24(29-6-2)23(20)21(28)15-22(27)25-16-19-11-9-10-17(3)13-19/h7-11,13-15,25H,5-6,12,16H2,1-4H3/b8-7+. The lowest BCUT2D eigenvalue weighted by Gasteiger charge is -2.18. The predicted molar refractivity (Wildman–Crippen MR) is 120 cm³/mol. The van der Waals surface area contributed by atoms with Crippen LogP contribution in [0.15, 0.2) is 53.3 Å². The highest BCUT2D eigenvalue weighted by Gasteiger charge is 2.15. The van der Waals surface area contributed by atoms with Gasteiger partial charge in [-0.1, -0.05) is 48.9 Å². The molecule has 0 bridgehead atoms. The molecule has 29 heavy (non-hydrogen) atoms. The molecule has 1 N–H and O–H groups in total. The molecule has 0 unspecified atom stereocenters. The van der Waals surface area contributed by atoms with E-state index < -0.39 is 0 Å². The molecule has 0 radical (unpaired) electrons. The Morgan fingerprint density at radius 1 is 1.14 bits per heavy atom. The third-order valence-electron chi connectivity index (χ3n) is 4.72. The van der Waals surface area contributed by atoms with Crippen molar-refractivity contribution in [3.63, 3.8) is 0 Å². The van der Waals surface area contributed by atoms with Gasteiger partial charge in [-0.2, -0.15) is 0 Å². The zero-order valence-corrected chi connectivity index (χ0v) is 17.7. The van der Waals surface area contributed by atoms with Crippen LogP contribution in [0.1, 0.15) is 37.1 Å². The van der Waals surface area contributed by atoms with Crippen molar-refractivity contribution >= 4 is 16.7 Å². The summed E-state index contributed by atoms with van der Waals surface area (Å²) in [7, 11) is 0. The SMILES string of the molecule is CC/C=C/Cn1c(NCc2cccc(C)c2)cc(=O)c2c(OCC)nc(C)cc21. The van der Waals surface area contributed by atoms with Crippen LogP contribution in [0.25, 0.3) is 10.9 Å². The Balaban J connectivity index is 2.11. The fraction of sp³-hybridized carbons (Fsp3) is 0.333. The number of nitrogens with zero attached hydrogens (tertiary/aromatic N) is 2. The number of ether oxygens (including phenoxy) is 1. The Labute approximate surface area is 172 Å². The van der Waals surface area contributed by atoms with Crippen molar-refractivity contribution in [1.29, 1.82) is 0 Å². The number of fused-ring (bicyclic) bond motifs is 1. The molecular weight excluding hydrogens is 362 g/mol. The number of hydrogen-bond acceptors (Lipinski definition) is 4.